The zero-order valence-electron chi connectivity index (χ0n) is 25.6. The van der Waals surface area contributed by atoms with Crippen molar-refractivity contribution in [1.29, 1.82) is 0 Å². The Morgan fingerprint density at radius 2 is 1.15 bits per heavy atom. The van der Waals surface area contributed by atoms with E-state index in [-0.39, 0.29) is 5.75 Å². The number of ether oxygens (including phenoxy) is 1. The fourth-order valence-electron chi connectivity index (χ4n) is 6.35. The molecule has 1 saturated carbocycles. The van der Waals surface area contributed by atoms with Crippen molar-refractivity contribution in [2.75, 3.05) is 6.61 Å². The SMILES string of the molecule is CCCCCCCCCCCCOc1ccc(-c2ccc(CCC3CCC(CCCCC)CC3)cc2)c(F)c1F. The van der Waals surface area contributed by atoms with Crippen molar-refractivity contribution in [3.05, 3.63) is 53.6 Å². The maximum atomic E-state index is 14.9. The lowest BCUT2D eigenvalue weighted by Gasteiger charge is -2.28. The average Bonchev–Trinajstić information content (AvgIpc) is 2.98. The summed E-state index contributed by atoms with van der Waals surface area (Å²) in [5, 5.41) is 0. The molecule has 2 aromatic carbocycles. The highest BCUT2D eigenvalue weighted by Gasteiger charge is 2.21. The zero-order chi connectivity index (χ0) is 28.4. The summed E-state index contributed by atoms with van der Waals surface area (Å²) in [4.78, 5) is 0. The van der Waals surface area contributed by atoms with E-state index in [9.17, 15) is 8.78 Å². The molecule has 2 aromatic rings. The monoisotopic (exact) mass is 554 g/mol. The molecular formula is C37H56F2O. The maximum Gasteiger partial charge on any atom is 0.201 e. The van der Waals surface area contributed by atoms with Crippen LogP contribution in [0.4, 0.5) is 8.78 Å². The Morgan fingerprint density at radius 1 is 0.600 bits per heavy atom. The Labute approximate surface area is 244 Å². The highest BCUT2D eigenvalue weighted by Crippen LogP contribution is 2.35. The molecule has 40 heavy (non-hydrogen) atoms. The number of rotatable bonds is 20. The van der Waals surface area contributed by atoms with Crippen LogP contribution in [-0.4, -0.2) is 6.61 Å². The van der Waals surface area contributed by atoms with Gasteiger partial charge >= 0.3 is 0 Å². The fraction of sp³-hybridized carbons (Fsp3) is 0.676. The summed E-state index contributed by atoms with van der Waals surface area (Å²) in [6.07, 6.45) is 25.7. The highest BCUT2D eigenvalue weighted by molar-refractivity contribution is 5.65. The van der Waals surface area contributed by atoms with Crippen LogP contribution in [0.5, 0.6) is 5.75 Å². The van der Waals surface area contributed by atoms with E-state index in [2.05, 4.69) is 26.0 Å². The summed E-state index contributed by atoms with van der Waals surface area (Å²) in [5.74, 6) is 0.118. The number of halogens is 2. The Balaban J connectivity index is 1.35. The molecule has 1 aliphatic carbocycles. The fourth-order valence-corrected chi connectivity index (χ4v) is 6.35. The normalized spacial score (nSPS) is 17.3. The number of hydrogen-bond donors (Lipinski definition) is 0. The lowest BCUT2D eigenvalue weighted by Crippen LogP contribution is -2.15. The van der Waals surface area contributed by atoms with Crippen molar-refractivity contribution in [1.82, 2.24) is 0 Å². The molecule has 0 heterocycles. The van der Waals surface area contributed by atoms with E-state index in [1.165, 1.54) is 115 Å². The quantitative estimate of drug-likeness (QED) is 0.148. The minimum atomic E-state index is -0.876. The third-order valence-electron chi connectivity index (χ3n) is 9.09. The molecule has 0 spiro atoms. The minimum Gasteiger partial charge on any atom is -0.490 e. The molecule has 3 heteroatoms. The van der Waals surface area contributed by atoms with Crippen LogP contribution in [-0.2, 0) is 6.42 Å². The summed E-state index contributed by atoms with van der Waals surface area (Å²) in [7, 11) is 0. The summed E-state index contributed by atoms with van der Waals surface area (Å²) in [6, 6.07) is 11.3. The minimum absolute atomic E-state index is 0.0221. The molecule has 224 valence electrons. The smallest absolute Gasteiger partial charge is 0.201 e. The lowest BCUT2D eigenvalue weighted by molar-refractivity contribution is 0.249. The second-order valence-electron chi connectivity index (χ2n) is 12.4. The molecular weight excluding hydrogens is 498 g/mol. The van der Waals surface area contributed by atoms with Gasteiger partial charge in [0, 0.05) is 5.56 Å². The van der Waals surface area contributed by atoms with Crippen LogP contribution in [0.3, 0.4) is 0 Å². The Hall–Kier alpha value is -1.90. The second-order valence-corrected chi connectivity index (χ2v) is 12.4. The van der Waals surface area contributed by atoms with Gasteiger partial charge in [-0.05, 0) is 54.4 Å². The molecule has 3 rings (SSSR count). The molecule has 1 fully saturated rings. The van der Waals surface area contributed by atoms with Crippen molar-refractivity contribution in [3.8, 4) is 16.9 Å². The van der Waals surface area contributed by atoms with E-state index in [1.807, 2.05) is 12.1 Å². The topological polar surface area (TPSA) is 9.23 Å². The Kier molecular flexibility index (Phi) is 15.7. The van der Waals surface area contributed by atoms with E-state index in [4.69, 9.17) is 4.74 Å². The van der Waals surface area contributed by atoms with Gasteiger partial charge in [-0.15, -0.1) is 0 Å². The van der Waals surface area contributed by atoms with Crippen LogP contribution in [0.15, 0.2) is 36.4 Å². The maximum absolute atomic E-state index is 14.9. The van der Waals surface area contributed by atoms with Gasteiger partial charge in [-0.1, -0.05) is 147 Å². The third kappa shape index (κ3) is 11.5. The molecule has 0 atom stereocenters. The number of benzene rings is 2. The van der Waals surface area contributed by atoms with E-state index in [1.54, 1.807) is 12.1 Å². The van der Waals surface area contributed by atoms with Crippen molar-refractivity contribution in [3.63, 3.8) is 0 Å². The first-order valence-corrected chi connectivity index (χ1v) is 16.8. The van der Waals surface area contributed by atoms with E-state index >= 15 is 0 Å². The predicted molar refractivity (Wildman–Crippen MR) is 167 cm³/mol. The molecule has 0 aliphatic heterocycles. The standard InChI is InChI=1S/C37H56F2O/c1-3-5-7-8-9-10-11-12-13-15-29-40-35-28-27-34(36(38)37(35)39)33-25-23-32(24-26-33)22-21-31-19-17-30(18-20-31)16-14-6-4-2/h23-28,30-31H,3-22,29H2,1-2H3. The van der Waals surface area contributed by atoms with Crippen molar-refractivity contribution in [2.45, 2.75) is 142 Å². The van der Waals surface area contributed by atoms with E-state index < -0.39 is 11.6 Å². The van der Waals surface area contributed by atoms with Crippen LogP contribution in [0.2, 0.25) is 0 Å². The molecule has 0 N–H and O–H groups in total. The number of aryl methyl sites for hydroxylation is 1. The van der Waals surface area contributed by atoms with Gasteiger partial charge in [-0.3, -0.25) is 0 Å². The van der Waals surface area contributed by atoms with Gasteiger partial charge in [0.15, 0.2) is 11.6 Å². The highest BCUT2D eigenvalue weighted by atomic mass is 19.2. The van der Waals surface area contributed by atoms with Gasteiger partial charge in [0.2, 0.25) is 5.82 Å². The first-order valence-electron chi connectivity index (χ1n) is 16.8. The van der Waals surface area contributed by atoms with Crippen LogP contribution < -0.4 is 4.74 Å². The summed E-state index contributed by atoms with van der Waals surface area (Å²) < 4.78 is 35.3. The molecule has 0 aromatic heterocycles. The first-order chi connectivity index (χ1) is 19.6. The lowest BCUT2D eigenvalue weighted by atomic mass is 9.78. The zero-order valence-corrected chi connectivity index (χ0v) is 25.6. The molecule has 0 saturated heterocycles. The molecule has 0 unspecified atom stereocenters. The van der Waals surface area contributed by atoms with Crippen LogP contribution in [0.25, 0.3) is 11.1 Å². The third-order valence-corrected chi connectivity index (χ3v) is 9.09. The molecule has 0 radical (unpaired) electrons. The Morgan fingerprint density at radius 3 is 1.77 bits per heavy atom. The van der Waals surface area contributed by atoms with Gasteiger partial charge in [0.1, 0.15) is 0 Å². The van der Waals surface area contributed by atoms with Crippen LogP contribution in [0, 0.1) is 23.5 Å². The average molecular weight is 555 g/mol. The van der Waals surface area contributed by atoms with Crippen LogP contribution >= 0.6 is 0 Å². The molecule has 0 amide bonds. The van der Waals surface area contributed by atoms with Crippen LogP contribution in [0.1, 0.15) is 141 Å². The summed E-state index contributed by atoms with van der Waals surface area (Å²) >= 11 is 0. The van der Waals surface area contributed by atoms with Gasteiger partial charge < -0.3 is 4.74 Å². The largest absolute Gasteiger partial charge is 0.490 e. The molecule has 1 nitrogen and oxygen atoms in total. The Bertz CT molecular complexity index is 930. The number of hydrogen-bond acceptors (Lipinski definition) is 1. The van der Waals surface area contributed by atoms with Gasteiger partial charge in [0.25, 0.3) is 0 Å². The van der Waals surface area contributed by atoms with Crippen molar-refractivity contribution >= 4 is 0 Å². The van der Waals surface area contributed by atoms with E-state index in [0.717, 1.165) is 31.1 Å². The van der Waals surface area contributed by atoms with Crippen molar-refractivity contribution < 1.29 is 13.5 Å². The molecule has 1 aliphatic rings. The van der Waals surface area contributed by atoms with Gasteiger partial charge in [-0.2, -0.15) is 4.39 Å². The number of unbranched alkanes of at least 4 members (excludes halogenated alkanes) is 11. The predicted octanol–water partition coefficient (Wildman–Crippen LogP) is 12.3. The van der Waals surface area contributed by atoms with Gasteiger partial charge in [0.05, 0.1) is 6.61 Å². The molecule has 0 bridgehead atoms. The summed E-state index contributed by atoms with van der Waals surface area (Å²) in [5.41, 5.74) is 2.30. The van der Waals surface area contributed by atoms with E-state index in [0.29, 0.717) is 17.7 Å². The first kappa shape index (κ1) is 32.6. The second kappa shape index (κ2) is 19.3. The van der Waals surface area contributed by atoms with Gasteiger partial charge in [-0.25, -0.2) is 4.39 Å². The summed E-state index contributed by atoms with van der Waals surface area (Å²) in [6.45, 7) is 4.96. The van der Waals surface area contributed by atoms with Crippen molar-refractivity contribution in [2.24, 2.45) is 11.8 Å².